The summed E-state index contributed by atoms with van der Waals surface area (Å²) in [6.45, 7) is 0.187. The van der Waals surface area contributed by atoms with E-state index in [4.69, 9.17) is 9.47 Å². The lowest BCUT2D eigenvalue weighted by Gasteiger charge is -2.37. The second kappa shape index (κ2) is 5.47. The first-order valence-electron chi connectivity index (χ1n) is 7.62. The minimum atomic E-state index is -3.62. The lowest BCUT2D eigenvalue weighted by atomic mass is 9.95. The first-order valence-corrected chi connectivity index (χ1v) is 9.06. The van der Waals surface area contributed by atoms with Gasteiger partial charge in [0.2, 0.25) is 16.8 Å². The number of hydrogen-bond acceptors (Lipinski definition) is 5. The number of sulfonamides is 1. The molecule has 0 radical (unpaired) electrons. The molecule has 0 amide bonds. The molecule has 4 rings (SSSR count). The molecular formula is C17H17NO5S. The zero-order valence-corrected chi connectivity index (χ0v) is 13.9. The van der Waals surface area contributed by atoms with Crippen molar-refractivity contribution >= 4 is 10.0 Å². The van der Waals surface area contributed by atoms with E-state index in [1.165, 1.54) is 17.4 Å². The maximum Gasteiger partial charge on any atom is 0.243 e. The molecule has 0 aromatic heterocycles. The first-order chi connectivity index (χ1) is 11.5. The minimum absolute atomic E-state index is 0.168. The monoisotopic (exact) mass is 347 g/mol. The summed E-state index contributed by atoms with van der Waals surface area (Å²) in [5, 5.41) is 10.7. The molecule has 2 unspecified atom stereocenters. The van der Waals surface area contributed by atoms with Crippen LogP contribution in [0.3, 0.4) is 0 Å². The molecule has 0 saturated heterocycles. The topological polar surface area (TPSA) is 76.1 Å². The summed E-state index contributed by atoms with van der Waals surface area (Å²) < 4.78 is 37.3. The summed E-state index contributed by atoms with van der Waals surface area (Å²) in [4.78, 5) is 0.168. The molecular weight excluding hydrogens is 330 g/mol. The van der Waals surface area contributed by atoms with E-state index < -0.39 is 22.2 Å². The Bertz CT molecular complexity index is 896. The van der Waals surface area contributed by atoms with Gasteiger partial charge in [-0.3, -0.25) is 0 Å². The summed E-state index contributed by atoms with van der Waals surface area (Å²) >= 11 is 0. The van der Waals surface area contributed by atoms with Crippen LogP contribution >= 0.6 is 0 Å². The highest BCUT2D eigenvalue weighted by molar-refractivity contribution is 7.89. The van der Waals surface area contributed by atoms with Gasteiger partial charge in [0, 0.05) is 12.6 Å². The predicted molar refractivity (Wildman–Crippen MR) is 86.4 cm³/mol. The molecule has 0 bridgehead atoms. The van der Waals surface area contributed by atoms with E-state index in [9.17, 15) is 13.5 Å². The second-order valence-electron chi connectivity index (χ2n) is 5.96. The van der Waals surface area contributed by atoms with Crippen molar-refractivity contribution in [3.8, 4) is 11.5 Å². The Balaban J connectivity index is 1.71. The van der Waals surface area contributed by atoms with Crippen molar-refractivity contribution in [1.82, 2.24) is 4.31 Å². The quantitative estimate of drug-likeness (QED) is 0.895. The van der Waals surface area contributed by atoms with Crippen LogP contribution in [0.1, 0.15) is 17.2 Å². The third-order valence-corrected chi connectivity index (χ3v) is 6.56. The molecule has 2 aromatic rings. The predicted octanol–water partition coefficient (Wildman–Crippen LogP) is 1.69. The number of likely N-dealkylation sites (N-methyl/N-ethyl adjacent to an activating group) is 1. The highest BCUT2D eigenvalue weighted by Gasteiger charge is 2.41. The van der Waals surface area contributed by atoms with Gasteiger partial charge in [-0.15, -0.1) is 0 Å². The maximum atomic E-state index is 12.7. The van der Waals surface area contributed by atoms with Crippen LogP contribution in [0, 0.1) is 0 Å². The molecule has 7 heteroatoms. The molecule has 2 aliphatic heterocycles. The fourth-order valence-corrected chi connectivity index (χ4v) is 4.84. The summed E-state index contributed by atoms with van der Waals surface area (Å²) in [5.41, 5.74) is 1.33. The Labute approximate surface area is 140 Å². The highest BCUT2D eigenvalue weighted by atomic mass is 32.2. The zero-order valence-electron chi connectivity index (χ0n) is 13.0. The number of fused-ring (bicyclic) bond motifs is 2. The van der Waals surface area contributed by atoms with Crippen LogP contribution in [-0.2, 0) is 16.4 Å². The lowest BCUT2D eigenvalue weighted by molar-refractivity contribution is 0.0891. The number of aliphatic hydroxyl groups is 1. The molecule has 2 aromatic carbocycles. The van der Waals surface area contributed by atoms with E-state index in [0.717, 1.165) is 5.56 Å². The van der Waals surface area contributed by atoms with E-state index in [0.29, 0.717) is 23.5 Å². The molecule has 126 valence electrons. The number of hydrogen-bond donors (Lipinski definition) is 1. The third-order valence-electron chi connectivity index (χ3n) is 4.61. The van der Waals surface area contributed by atoms with E-state index in [-0.39, 0.29) is 11.7 Å². The van der Waals surface area contributed by atoms with Gasteiger partial charge in [-0.2, -0.15) is 4.31 Å². The largest absolute Gasteiger partial charge is 0.454 e. The second-order valence-corrected chi connectivity index (χ2v) is 7.93. The minimum Gasteiger partial charge on any atom is -0.454 e. The van der Waals surface area contributed by atoms with Crippen LogP contribution in [0.25, 0.3) is 0 Å². The molecule has 2 atom stereocenters. The van der Waals surface area contributed by atoms with Gasteiger partial charge in [0.05, 0.1) is 17.0 Å². The average Bonchev–Trinajstić information content (AvgIpc) is 3.05. The standard InChI is InChI=1S/C17H17NO5S/c1-18-13(8-11-6-7-14-15(9-11)23-10-22-14)17(19)12-4-2-3-5-16(12)24(18,20)21/h2-7,9,13,17,19H,8,10H2,1H3. The molecule has 0 saturated carbocycles. The lowest BCUT2D eigenvalue weighted by Crippen LogP contribution is -2.46. The third kappa shape index (κ3) is 2.28. The molecule has 0 aliphatic carbocycles. The van der Waals surface area contributed by atoms with Crippen LogP contribution in [0.2, 0.25) is 0 Å². The molecule has 0 fully saturated rings. The molecule has 0 spiro atoms. The van der Waals surface area contributed by atoms with Crippen LogP contribution in [0.15, 0.2) is 47.4 Å². The summed E-state index contributed by atoms with van der Waals surface area (Å²) in [5.74, 6) is 1.32. The van der Waals surface area contributed by atoms with E-state index in [1.54, 1.807) is 24.3 Å². The molecule has 6 nitrogen and oxygen atoms in total. The van der Waals surface area contributed by atoms with Gasteiger partial charge in [-0.05, 0) is 30.2 Å². The van der Waals surface area contributed by atoms with Crippen molar-refractivity contribution in [2.24, 2.45) is 0 Å². The van der Waals surface area contributed by atoms with Crippen LogP contribution in [-0.4, -0.2) is 37.7 Å². The van der Waals surface area contributed by atoms with Gasteiger partial charge in [0.25, 0.3) is 0 Å². The normalized spacial score (nSPS) is 24.6. The van der Waals surface area contributed by atoms with Gasteiger partial charge in [-0.1, -0.05) is 24.3 Å². The Kier molecular flexibility index (Phi) is 3.52. The van der Waals surface area contributed by atoms with Crippen molar-refractivity contribution in [1.29, 1.82) is 0 Å². The average molecular weight is 347 g/mol. The van der Waals surface area contributed by atoms with Crippen molar-refractivity contribution in [3.63, 3.8) is 0 Å². The first kappa shape index (κ1) is 15.4. The van der Waals surface area contributed by atoms with E-state index in [1.807, 2.05) is 12.1 Å². The fourth-order valence-electron chi connectivity index (χ4n) is 3.25. The Morgan fingerprint density at radius 2 is 1.92 bits per heavy atom. The zero-order chi connectivity index (χ0) is 16.9. The molecule has 2 aliphatic rings. The molecule has 2 heterocycles. The molecule has 24 heavy (non-hydrogen) atoms. The Morgan fingerprint density at radius 3 is 2.75 bits per heavy atom. The summed E-state index contributed by atoms with van der Waals surface area (Å²) in [7, 11) is -2.11. The number of benzene rings is 2. The van der Waals surface area contributed by atoms with Crippen LogP contribution in [0.5, 0.6) is 11.5 Å². The van der Waals surface area contributed by atoms with Crippen molar-refractivity contribution in [3.05, 3.63) is 53.6 Å². The maximum absolute atomic E-state index is 12.7. The van der Waals surface area contributed by atoms with Gasteiger partial charge in [0.15, 0.2) is 11.5 Å². The SMILES string of the molecule is CN1C(Cc2ccc3c(c2)OCO3)C(O)c2ccccc2S1(=O)=O. The van der Waals surface area contributed by atoms with Gasteiger partial charge in [-0.25, -0.2) is 8.42 Å². The highest BCUT2D eigenvalue weighted by Crippen LogP contribution is 2.38. The molecule has 1 N–H and O–H groups in total. The van der Waals surface area contributed by atoms with Crippen molar-refractivity contribution < 1.29 is 23.0 Å². The van der Waals surface area contributed by atoms with E-state index in [2.05, 4.69) is 0 Å². The number of ether oxygens (including phenoxy) is 2. The number of rotatable bonds is 2. The van der Waals surface area contributed by atoms with Crippen molar-refractivity contribution in [2.45, 2.75) is 23.5 Å². The van der Waals surface area contributed by atoms with Gasteiger partial charge in [0.1, 0.15) is 0 Å². The van der Waals surface area contributed by atoms with Gasteiger partial charge >= 0.3 is 0 Å². The van der Waals surface area contributed by atoms with Crippen molar-refractivity contribution in [2.75, 3.05) is 13.8 Å². The van der Waals surface area contributed by atoms with Crippen LogP contribution in [0.4, 0.5) is 0 Å². The van der Waals surface area contributed by atoms with Gasteiger partial charge < -0.3 is 14.6 Å². The summed E-state index contributed by atoms with van der Waals surface area (Å²) in [6, 6.07) is 11.5. The summed E-state index contributed by atoms with van der Waals surface area (Å²) in [6.07, 6.45) is -0.512. The Hall–Kier alpha value is -2.09. The Morgan fingerprint density at radius 1 is 1.17 bits per heavy atom. The van der Waals surface area contributed by atoms with Crippen LogP contribution < -0.4 is 9.47 Å². The van der Waals surface area contributed by atoms with E-state index >= 15 is 0 Å². The smallest absolute Gasteiger partial charge is 0.243 e. The number of aliphatic hydroxyl groups excluding tert-OH is 1. The number of nitrogens with zero attached hydrogens (tertiary/aromatic N) is 1. The fraction of sp³-hybridized carbons (Fsp3) is 0.294.